The minimum absolute atomic E-state index is 0.881. The average molecular weight is 337 g/mol. The Hall–Kier alpha value is -2.53. The molecule has 0 unspecified atom stereocenters. The third kappa shape index (κ3) is 3.86. The summed E-state index contributed by atoms with van der Waals surface area (Å²) in [4.78, 5) is 2.24. The van der Waals surface area contributed by atoms with Crippen LogP contribution in [0, 0.1) is 6.92 Å². The quantitative estimate of drug-likeness (QED) is 0.480. The lowest BCUT2D eigenvalue weighted by Crippen LogP contribution is -2.23. The molecule has 5 heteroatoms. The first-order valence-electron chi connectivity index (χ1n) is 7.84. The summed E-state index contributed by atoms with van der Waals surface area (Å²) >= 11 is 1.58. The Morgan fingerprint density at radius 3 is 2.54 bits per heavy atom. The molecule has 24 heavy (non-hydrogen) atoms. The maximum atomic E-state index is 4.39. The van der Waals surface area contributed by atoms with Crippen molar-refractivity contribution in [1.82, 2.24) is 0 Å². The smallest absolute Gasteiger partial charge is 0.370 e. The average Bonchev–Trinajstić information content (AvgIpc) is 2.99. The van der Waals surface area contributed by atoms with Crippen LogP contribution >= 0.6 is 11.3 Å². The van der Waals surface area contributed by atoms with E-state index in [-0.39, 0.29) is 0 Å². The number of thiazole rings is 1. The highest BCUT2D eigenvalue weighted by Crippen LogP contribution is 2.27. The lowest BCUT2D eigenvalue weighted by atomic mass is 10.1. The molecule has 0 saturated carbocycles. The zero-order valence-electron chi connectivity index (χ0n) is 14.2. The highest BCUT2D eigenvalue weighted by Gasteiger charge is 2.09. The molecule has 0 N–H and O–H groups in total. The summed E-state index contributed by atoms with van der Waals surface area (Å²) in [5.74, 6) is 0. The van der Waals surface area contributed by atoms with Crippen molar-refractivity contribution in [1.29, 1.82) is 0 Å². The van der Waals surface area contributed by atoms with Crippen LogP contribution < -0.4 is 9.47 Å². The maximum Gasteiger partial charge on any atom is 0.408 e. The first-order chi connectivity index (χ1) is 11.6. The van der Waals surface area contributed by atoms with Gasteiger partial charge in [0.15, 0.2) is 0 Å². The van der Waals surface area contributed by atoms with E-state index >= 15 is 0 Å². The molecule has 2 aromatic carbocycles. The predicted octanol–water partition coefficient (Wildman–Crippen LogP) is 4.93. The molecule has 0 fully saturated rings. The second kappa shape index (κ2) is 7.36. The Bertz CT molecular complexity index is 840. The molecule has 122 valence electrons. The molecule has 0 radical (unpaired) electrons. The maximum absolute atomic E-state index is 4.39. The number of aromatic nitrogens is 1. The standard InChI is InChI=1S/C19H21N4S/c1-15-13-17(23(3)14-16-7-5-4-6-8-16)9-10-18(15)20-21-19-22(2)11-12-24-19/h4-13H,14H2,1-3H3/q+1. The Morgan fingerprint density at radius 1 is 1.08 bits per heavy atom. The van der Waals surface area contributed by atoms with Crippen LogP contribution in [0.4, 0.5) is 16.5 Å². The Kier molecular flexibility index (Phi) is 5.01. The number of azo groups is 1. The summed E-state index contributed by atoms with van der Waals surface area (Å²) in [6.45, 7) is 2.95. The number of benzene rings is 2. The highest BCUT2D eigenvalue weighted by molar-refractivity contribution is 7.12. The fourth-order valence-electron chi connectivity index (χ4n) is 2.46. The lowest BCUT2D eigenvalue weighted by Gasteiger charge is -2.20. The van der Waals surface area contributed by atoms with Gasteiger partial charge in [0.2, 0.25) is 0 Å². The van der Waals surface area contributed by atoms with E-state index in [0.29, 0.717) is 0 Å². The van der Waals surface area contributed by atoms with E-state index in [1.807, 2.05) is 35.3 Å². The van der Waals surface area contributed by atoms with Gasteiger partial charge < -0.3 is 4.90 Å². The summed E-state index contributed by atoms with van der Waals surface area (Å²) < 4.78 is 1.96. The zero-order valence-corrected chi connectivity index (χ0v) is 15.0. The van der Waals surface area contributed by atoms with Crippen LogP contribution in [-0.2, 0) is 13.6 Å². The molecule has 0 amide bonds. The molecule has 0 bridgehead atoms. The fraction of sp³-hybridized carbons (Fsp3) is 0.211. The molecule has 0 aliphatic heterocycles. The summed E-state index contributed by atoms with van der Waals surface area (Å²) in [6.07, 6.45) is 1.98. The van der Waals surface area contributed by atoms with Crippen LogP contribution in [-0.4, -0.2) is 7.05 Å². The topological polar surface area (TPSA) is 31.8 Å². The van der Waals surface area contributed by atoms with Crippen LogP contribution in [0.15, 0.2) is 70.3 Å². The molecule has 0 atom stereocenters. The third-order valence-electron chi connectivity index (χ3n) is 3.89. The molecule has 0 aliphatic carbocycles. The SMILES string of the molecule is Cc1cc(N(C)Cc2ccccc2)ccc1/N=N/c1scc[n+]1C. The predicted molar refractivity (Wildman–Crippen MR) is 99.4 cm³/mol. The second-order valence-corrected chi connectivity index (χ2v) is 6.68. The van der Waals surface area contributed by atoms with Gasteiger partial charge >= 0.3 is 5.13 Å². The number of hydrogen-bond donors (Lipinski definition) is 0. The van der Waals surface area contributed by atoms with Crippen LogP contribution in [0.1, 0.15) is 11.1 Å². The van der Waals surface area contributed by atoms with Gasteiger partial charge in [-0.25, -0.2) is 4.57 Å². The van der Waals surface area contributed by atoms with Gasteiger partial charge in [0.05, 0.1) is 12.2 Å². The number of hydrogen-bond acceptors (Lipinski definition) is 4. The molecule has 1 aromatic heterocycles. The van der Waals surface area contributed by atoms with Gasteiger partial charge in [-0.05, 0) is 52.7 Å². The van der Waals surface area contributed by atoms with Gasteiger partial charge in [-0.1, -0.05) is 30.3 Å². The first-order valence-corrected chi connectivity index (χ1v) is 8.72. The summed E-state index contributed by atoms with van der Waals surface area (Å²) in [5, 5.41) is 11.6. The van der Waals surface area contributed by atoms with Crippen molar-refractivity contribution in [2.45, 2.75) is 13.5 Å². The van der Waals surface area contributed by atoms with Crippen LogP contribution in [0.2, 0.25) is 0 Å². The van der Waals surface area contributed by atoms with E-state index in [0.717, 1.165) is 22.9 Å². The second-order valence-electron chi connectivity index (χ2n) is 5.81. The van der Waals surface area contributed by atoms with Crippen LogP contribution in [0.5, 0.6) is 0 Å². The summed E-state index contributed by atoms with van der Waals surface area (Å²) in [6, 6.07) is 16.8. The molecule has 3 rings (SSSR count). The van der Waals surface area contributed by atoms with Gasteiger partial charge in [0, 0.05) is 24.7 Å². The van der Waals surface area contributed by atoms with Crippen molar-refractivity contribution in [3.05, 3.63) is 71.2 Å². The van der Waals surface area contributed by atoms with E-state index in [2.05, 4.69) is 65.5 Å². The van der Waals surface area contributed by atoms with Gasteiger partial charge in [-0.15, -0.1) is 0 Å². The molecule has 3 aromatic rings. The first kappa shape index (κ1) is 16.3. The van der Waals surface area contributed by atoms with Crippen LogP contribution in [0.3, 0.4) is 0 Å². The van der Waals surface area contributed by atoms with E-state index in [4.69, 9.17) is 0 Å². The molecule has 1 heterocycles. The number of anilines is 1. The van der Waals surface area contributed by atoms with Gasteiger partial charge in [-0.2, -0.15) is 0 Å². The van der Waals surface area contributed by atoms with E-state index < -0.39 is 0 Å². The zero-order chi connectivity index (χ0) is 16.9. The molecular formula is C19H21N4S+. The summed E-state index contributed by atoms with van der Waals surface area (Å²) in [5.41, 5.74) is 4.50. The monoisotopic (exact) mass is 337 g/mol. The van der Waals surface area contributed by atoms with Crippen molar-refractivity contribution in [2.75, 3.05) is 11.9 Å². The van der Waals surface area contributed by atoms with Gasteiger partial charge in [0.25, 0.3) is 0 Å². The van der Waals surface area contributed by atoms with Crippen molar-refractivity contribution < 1.29 is 4.57 Å². The highest BCUT2D eigenvalue weighted by atomic mass is 32.1. The Morgan fingerprint density at radius 2 is 1.88 bits per heavy atom. The number of rotatable bonds is 5. The van der Waals surface area contributed by atoms with Crippen molar-refractivity contribution in [3.8, 4) is 0 Å². The van der Waals surface area contributed by atoms with E-state index in [1.165, 1.54) is 11.3 Å². The largest absolute Gasteiger partial charge is 0.408 e. The molecule has 4 nitrogen and oxygen atoms in total. The van der Waals surface area contributed by atoms with Crippen LogP contribution in [0.25, 0.3) is 0 Å². The van der Waals surface area contributed by atoms with E-state index in [1.54, 1.807) is 11.3 Å². The third-order valence-corrected chi connectivity index (χ3v) is 4.72. The number of aryl methyl sites for hydroxylation is 2. The number of nitrogens with zero attached hydrogens (tertiary/aromatic N) is 4. The Balaban J connectivity index is 1.74. The summed E-state index contributed by atoms with van der Waals surface area (Å²) in [7, 11) is 4.08. The fourth-order valence-corrected chi connectivity index (χ4v) is 3.14. The Labute approximate surface area is 146 Å². The minimum Gasteiger partial charge on any atom is -0.370 e. The van der Waals surface area contributed by atoms with Crippen molar-refractivity contribution >= 4 is 27.8 Å². The normalized spacial score (nSPS) is 11.1. The molecular weight excluding hydrogens is 316 g/mol. The van der Waals surface area contributed by atoms with Crippen molar-refractivity contribution in [2.24, 2.45) is 17.3 Å². The van der Waals surface area contributed by atoms with Gasteiger partial charge in [0.1, 0.15) is 11.9 Å². The van der Waals surface area contributed by atoms with Gasteiger partial charge in [-0.3, -0.25) is 0 Å². The van der Waals surface area contributed by atoms with E-state index in [9.17, 15) is 0 Å². The molecule has 0 saturated heterocycles. The van der Waals surface area contributed by atoms with Crippen molar-refractivity contribution in [3.63, 3.8) is 0 Å². The molecule has 0 spiro atoms. The molecule has 0 aliphatic rings. The lowest BCUT2D eigenvalue weighted by molar-refractivity contribution is -0.654. The minimum atomic E-state index is 0.881.